The van der Waals surface area contributed by atoms with Crippen molar-refractivity contribution >= 4 is 12.0 Å². The monoisotopic (exact) mass is 359 g/mol. The number of amides is 2. The van der Waals surface area contributed by atoms with E-state index >= 15 is 0 Å². The lowest BCUT2D eigenvalue weighted by molar-refractivity contribution is -0.136. The van der Waals surface area contributed by atoms with Crippen LogP contribution in [0.25, 0.3) is 0 Å². The van der Waals surface area contributed by atoms with Gasteiger partial charge in [0, 0.05) is 6.42 Å². The zero-order valence-corrected chi connectivity index (χ0v) is 15.7. The topological polar surface area (TPSA) is 66.8 Å². The third-order valence-corrected chi connectivity index (χ3v) is 5.68. The van der Waals surface area contributed by atoms with Gasteiger partial charge in [-0.25, -0.2) is 9.69 Å². The molecule has 0 unspecified atom stereocenters. The standard InChI is InChI=1S/C21H29NO4/c1-3-4-5-6-7-12-17(23)14(2)20(24)22-19-16-11-9-8-10-15(16)13-18(19)26-21(22)25/h8-11,14,17-19,23H,3-7,12-13H2,1-2H3/t14-,17+,18+,19-/m0/s1. The molecule has 1 N–H and O–H groups in total. The first-order valence-corrected chi connectivity index (χ1v) is 9.84. The van der Waals surface area contributed by atoms with Crippen LogP contribution in [0.1, 0.15) is 69.5 Å². The zero-order valence-electron chi connectivity index (χ0n) is 15.7. The van der Waals surface area contributed by atoms with E-state index in [4.69, 9.17) is 4.74 Å². The molecule has 0 bridgehead atoms. The molecular formula is C21H29NO4. The predicted molar refractivity (Wildman–Crippen MR) is 98.5 cm³/mol. The lowest BCUT2D eigenvalue weighted by Gasteiger charge is -2.25. The van der Waals surface area contributed by atoms with Crippen molar-refractivity contribution in [2.24, 2.45) is 5.92 Å². The Morgan fingerprint density at radius 3 is 2.77 bits per heavy atom. The van der Waals surface area contributed by atoms with Crippen molar-refractivity contribution < 1.29 is 19.4 Å². The molecule has 1 aliphatic carbocycles. The molecule has 1 fully saturated rings. The number of hydrogen-bond acceptors (Lipinski definition) is 4. The van der Waals surface area contributed by atoms with Gasteiger partial charge in [0.1, 0.15) is 12.1 Å². The molecule has 5 heteroatoms. The summed E-state index contributed by atoms with van der Waals surface area (Å²) < 4.78 is 5.44. The number of imide groups is 1. The average Bonchev–Trinajstić information content (AvgIpc) is 3.14. The number of aliphatic hydroxyl groups excluding tert-OH is 1. The number of hydrogen-bond donors (Lipinski definition) is 1. The molecule has 1 saturated heterocycles. The smallest absolute Gasteiger partial charge is 0.417 e. The van der Waals surface area contributed by atoms with Gasteiger partial charge in [-0.1, -0.05) is 70.2 Å². The largest absolute Gasteiger partial charge is 0.443 e. The van der Waals surface area contributed by atoms with E-state index in [2.05, 4.69) is 6.92 Å². The van der Waals surface area contributed by atoms with Gasteiger partial charge >= 0.3 is 6.09 Å². The van der Waals surface area contributed by atoms with Gasteiger partial charge in [0.2, 0.25) is 5.91 Å². The molecule has 2 amide bonds. The summed E-state index contributed by atoms with van der Waals surface area (Å²) >= 11 is 0. The van der Waals surface area contributed by atoms with Crippen molar-refractivity contribution in [3.8, 4) is 0 Å². The van der Waals surface area contributed by atoms with Gasteiger partial charge in [-0.2, -0.15) is 0 Å². The Hall–Kier alpha value is -1.88. The first-order valence-electron chi connectivity index (χ1n) is 9.84. The van der Waals surface area contributed by atoms with Crippen molar-refractivity contribution in [2.45, 2.75) is 77.0 Å². The number of ether oxygens (including phenoxy) is 1. The SMILES string of the molecule is CCCCCCC[C@@H](O)[C@H](C)C(=O)N1C(=O)O[C@@H]2Cc3ccccc3[C@@H]21. The number of aliphatic hydroxyl groups is 1. The molecular weight excluding hydrogens is 330 g/mol. The fourth-order valence-electron chi connectivity index (χ4n) is 4.07. The van der Waals surface area contributed by atoms with Crippen LogP contribution in [0, 0.1) is 5.92 Å². The molecule has 142 valence electrons. The second-order valence-electron chi connectivity index (χ2n) is 7.54. The van der Waals surface area contributed by atoms with Gasteiger partial charge in [0.05, 0.1) is 12.0 Å². The second kappa shape index (κ2) is 8.21. The maximum absolute atomic E-state index is 12.9. The van der Waals surface area contributed by atoms with E-state index in [9.17, 15) is 14.7 Å². The van der Waals surface area contributed by atoms with Gasteiger partial charge in [-0.05, 0) is 17.5 Å². The van der Waals surface area contributed by atoms with Crippen LogP contribution in [0.4, 0.5) is 4.79 Å². The fraction of sp³-hybridized carbons (Fsp3) is 0.619. The fourth-order valence-corrected chi connectivity index (χ4v) is 4.07. The predicted octanol–water partition coefficient (Wildman–Crippen LogP) is 3.99. The van der Waals surface area contributed by atoms with Gasteiger partial charge in [-0.15, -0.1) is 0 Å². The average molecular weight is 359 g/mol. The summed E-state index contributed by atoms with van der Waals surface area (Å²) in [6.45, 7) is 3.87. The Morgan fingerprint density at radius 1 is 1.27 bits per heavy atom. The van der Waals surface area contributed by atoms with E-state index in [1.54, 1.807) is 6.92 Å². The third kappa shape index (κ3) is 3.63. The van der Waals surface area contributed by atoms with Crippen LogP contribution in [-0.4, -0.2) is 34.2 Å². The van der Waals surface area contributed by atoms with Gasteiger partial charge in [-0.3, -0.25) is 4.79 Å². The number of unbranched alkanes of at least 4 members (excludes halogenated alkanes) is 4. The molecule has 1 aromatic rings. The van der Waals surface area contributed by atoms with Gasteiger partial charge < -0.3 is 9.84 Å². The molecule has 1 heterocycles. The van der Waals surface area contributed by atoms with E-state index in [0.29, 0.717) is 12.8 Å². The van der Waals surface area contributed by atoms with E-state index in [1.165, 1.54) is 17.7 Å². The van der Waals surface area contributed by atoms with Crippen molar-refractivity contribution in [1.29, 1.82) is 0 Å². The highest BCUT2D eigenvalue weighted by Gasteiger charge is 2.51. The Bertz CT molecular complexity index is 659. The van der Waals surface area contributed by atoms with Crippen LogP contribution in [0.3, 0.4) is 0 Å². The minimum absolute atomic E-state index is 0.303. The maximum Gasteiger partial charge on any atom is 0.417 e. The van der Waals surface area contributed by atoms with Crippen molar-refractivity contribution in [3.05, 3.63) is 35.4 Å². The quantitative estimate of drug-likeness (QED) is 0.713. The molecule has 0 aromatic heterocycles. The zero-order chi connectivity index (χ0) is 18.7. The number of rotatable bonds is 8. The van der Waals surface area contributed by atoms with Crippen LogP contribution < -0.4 is 0 Å². The van der Waals surface area contributed by atoms with E-state index < -0.39 is 18.1 Å². The lowest BCUT2D eigenvalue weighted by atomic mass is 9.96. The van der Waals surface area contributed by atoms with Gasteiger partial charge in [0.15, 0.2) is 0 Å². The summed E-state index contributed by atoms with van der Waals surface area (Å²) in [6.07, 6.45) is 5.12. The molecule has 26 heavy (non-hydrogen) atoms. The molecule has 0 radical (unpaired) electrons. The van der Waals surface area contributed by atoms with Crippen molar-refractivity contribution in [2.75, 3.05) is 0 Å². The van der Waals surface area contributed by atoms with E-state index in [1.807, 2.05) is 24.3 Å². The highest BCUT2D eigenvalue weighted by Crippen LogP contribution is 2.43. The number of nitrogens with zero attached hydrogens (tertiary/aromatic N) is 1. The summed E-state index contributed by atoms with van der Waals surface area (Å²) in [7, 11) is 0. The van der Waals surface area contributed by atoms with Crippen LogP contribution >= 0.6 is 0 Å². The number of fused-ring (bicyclic) bond motifs is 3. The second-order valence-corrected chi connectivity index (χ2v) is 7.54. The van der Waals surface area contributed by atoms with Crippen molar-refractivity contribution in [1.82, 2.24) is 4.90 Å². The number of benzene rings is 1. The molecule has 0 saturated carbocycles. The molecule has 4 atom stereocenters. The number of carbonyl (C=O) groups excluding carboxylic acids is 2. The molecule has 5 nitrogen and oxygen atoms in total. The van der Waals surface area contributed by atoms with Crippen LogP contribution in [0.2, 0.25) is 0 Å². The Balaban J connectivity index is 1.64. The Kier molecular flexibility index (Phi) is 5.97. The molecule has 0 spiro atoms. The van der Waals surface area contributed by atoms with Crippen LogP contribution in [-0.2, 0) is 16.0 Å². The Labute approximate surface area is 155 Å². The Morgan fingerprint density at radius 2 is 2.00 bits per heavy atom. The minimum Gasteiger partial charge on any atom is -0.443 e. The van der Waals surface area contributed by atoms with E-state index in [0.717, 1.165) is 30.4 Å². The maximum atomic E-state index is 12.9. The lowest BCUT2D eigenvalue weighted by Crippen LogP contribution is -2.41. The summed E-state index contributed by atoms with van der Waals surface area (Å²) in [4.78, 5) is 26.5. The molecule has 1 aliphatic heterocycles. The highest BCUT2D eigenvalue weighted by molar-refractivity contribution is 5.95. The molecule has 3 rings (SSSR count). The first kappa shape index (κ1) is 18.9. The summed E-state index contributed by atoms with van der Waals surface area (Å²) in [6, 6.07) is 7.49. The van der Waals surface area contributed by atoms with E-state index in [-0.39, 0.29) is 18.1 Å². The number of carbonyl (C=O) groups is 2. The minimum atomic E-state index is -0.729. The first-order chi connectivity index (χ1) is 12.5. The normalized spacial score (nSPS) is 23.3. The van der Waals surface area contributed by atoms with Gasteiger partial charge in [0.25, 0.3) is 0 Å². The van der Waals surface area contributed by atoms with Crippen LogP contribution in [0.5, 0.6) is 0 Å². The summed E-state index contributed by atoms with van der Waals surface area (Å²) in [5.74, 6) is -0.944. The summed E-state index contributed by atoms with van der Waals surface area (Å²) in [5, 5.41) is 10.4. The summed E-state index contributed by atoms with van der Waals surface area (Å²) in [5.41, 5.74) is 2.11. The third-order valence-electron chi connectivity index (χ3n) is 5.68. The molecule has 1 aromatic carbocycles. The highest BCUT2D eigenvalue weighted by atomic mass is 16.6. The van der Waals surface area contributed by atoms with Crippen LogP contribution in [0.15, 0.2) is 24.3 Å². The molecule has 2 aliphatic rings. The van der Waals surface area contributed by atoms with Crippen molar-refractivity contribution in [3.63, 3.8) is 0 Å².